The highest BCUT2D eigenvalue weighted by molar-refractivity contribution is 7.99. The Morgan fingerprint density at radius 2 is 1.90 bits per heavy atom. The Balaban J connectivity index is 2.08. The molecule has 0 bridgehead atoms. The van der Waals surface area contributed by atoms with Gasteiger partial charge in [0.2, 0.25) is 0 Å². The van der Waals surface area contributed by atoms with Crippen molar-refractivity contribution < 1.29 is 5.11 Å². The molecule has 0 aliphatic heterocycles. The molecule has 0 unspecified atom stereocenters. The van der Waals surface area contributed by atoms with Gasteiger partial charge in [0.15, 0.2) is 0 Å². The molecule has 0 saturated heterocycles. The Morgan fingerprint density at radius 3 is 2.75 bits per heavy atom. The molecule has 2 aromatic carbocycles. The predicted molar refractivity (Wildman–Crippen MR) is 81.0 cm³/mol. The van der Waals surface area contributed by atoms with Crippen LogP contribution in [0.5, 0.6) is 0 Å². The van der Waals surface area contributed by atoms with Crippen LogP contribution in [0.25, 0.3) is 10.9 Å². The van der Waals surface area contributed by atoms with Crippen LogP contribution >= 0.6 is 23.4 Å². The molecule has 3 nitrogen and oxygen atoms in total. The Bertz CT molecular complexity index is 758. The minimum absolute atomic E-state index is 0.0922. The van der Waals surface area contributed by atoms with Crippen molar-refractivity contribution in [2.45, 2.75) is 16.5 Å². The van der Waals surface area contributed by atoms with Gasteiger partial charge in [0, 0.05) is 20.9 Å². The van der Waals surface area contributed by atoms with E-state index in [4.69, 9.17) is 11.6 Å². The largest absolute Gasteiger partial charge is 0.392 e. The third-order valence-electron chi connectivity index (χ3n) is 2.95. The molecule has 1 N–H and O–H groups in total. The Kier molecular flexibility index (Phi) is 3.87. The number of nitrogens with zero attached hydrogens (tertiary/aromatic N) is 2. The molecule has 0 amide bonds. The van der Waals surface area contributed by atoms with Crippen LogP contribution in [0.3, 0.4) is 0 Å². The fourth-order valence-electron chi connectivity index (χ4n) is 1.95. The summed E-state index contributed by atoms with van der Waals surface area (Å²) in [6.07, 6.45) is 1.55. The van der Waals surface area contributed by atoms with Crippen LogP contribution in [0.15, 0.2) is 58.7 Å². The third-order valence-corrected chi connectivity index (χ3v) is 4.42. The summed E-state index contributed by atoms with van der Waals surface area (Å²) in [6.45, 7) is -0.0922. The molecule has 1 aromatic heterocycles. The lowest BCUT2D eigenvalue weighted by atomic mass is 10.2. The van der Waals surface area contributed by atoms with E-state index in [9.17, 15) is 5.11 Å². The van der Waals surface area contributed by atoms with E-state index in [0.717, 1.165) is 26.4 Å². The maximum atomic E-state index is 9.46. The molecule has 0 fully saturated rings. The van der Waals surface area contributed by atoms with Crippen molar-refractivity contribution in [1.29, 1.82) is 0 Å². The quantitative estimate of drug-likeness (QED) is 0.745. The second kappa shape index (κ2) is 5.79. The number of para-hydroxylation sites is 1. The van der Waals surface area contributed by atoms with Crippen molar-refractivity contribution in [3.8, 4) is 0 Å². The van der Waals surface area contributed by atoms with Crippen LogP contribution in [-0.4, -0.2) is 15.1 Å². The third kappa shape index (κ3) is 2.50. The van der Waals surface area contributed by atoms with E-state index in [-0.39, 0.29) is 6.61 Å². The number of halogens is 1. The van der Waals surface area contributed by atoms with Gasteiger partial charge in [-0.25, -0.2) is 9.97 Å². The van der Waals surface area contributed by atoms with Crippen molar-refractivity contribution in [2.24, 2.45) is 0 Å². The van der Waals surface area contributed by atoms with E-state index in [1.165, 1.54) is 11.8 Å². The highest BCUT2D eigenvalue weighted by Crippen LogP contribution is 2.35. The van der Waals surface area contributed by atoms with Gasteiger partial charge in [0.05, 0.1) is 12.1 Å². The number of hydrogen-bond acceptors (Lipinski definition) is 4. The van der Waals surface area contributed by atoms with Crippen molar-refractivity contribution in [1.82, 2.24) is 9.97 Å². The van der Waals surface area contributed by atoms with Crippen LogP contribution in [0.4, 0.5) is 0 Å². The first-order chi connectivity index (χ1) is 9.79. The number of hydrogen-bond donors (Lipinski definition) is 1. The van der Waals surface area contributed by atoms with Gasteiger partial charge in [0.25, 0.3) is 0 Å². The average molecular weight is 303 g/mol. The molecule has 3 aromatic rings. The van der Waals surface area contributed by atoms with Crippen molar-refractivity contribution in [3.63, 3.8) is 0 Å². The van der Waals surface area contributed by atoms with Crippen molar-refractivity contribution in [2.75, 3.05) is 0 Å². The van der Waals surface area contributed by atoms with E-state index in [1.807, 2.05) is 36.4 Å². The summed E-state index contributed by atoms with van der Waals surface area (Å²) >= 11 is 7.59. The van der Waals surface area contributed by atoms with Gasteiger partial charge < -0.3 is 5.11 Å². The Labute approximate surface area is 125 Å². The summed E-state index contributed by atoms with van der Waals surface area (Å²) in [7, 11) is 0. The highest BCUT2D eigenvalue weighted by atomic mass is 35.5. The first-order valence-electron chi connectivity index (χ1n) is 6.05. The van der Waals surface area contributed by atoms with Crippen LogP contribution in [0, 0.1) is 0 Å². The number of aliphatic hydroxyl groups excluding tert-OH is 1. The molecule has 1 heterocycles. The van der Waals surface area contributed by atoms with Crippen molar-refractivity contribution >= 4 is 34.3 Å². The summed E-state index contributed by atoms with van der Waals surface area (Å²) in [5.74, 6) is 0. The smallest absolute Gasteiger partial charge is 0.117 e. The lowest BCUT2D eigenvalue weighted by Crippen LogP contribution is -1.91. The first-order valence-corrected chi connectivity index (χ1v) is 7.25. The summed E-state index contributed by atoms with van der Waals surface area (Å²) in [4.78, 5) is 9.48. The maximum absolute atomic E-state index is 9.46. The fourth-order valence-corrected chi connectivity index (χ4v) is 3.28. The van der Waals surface area contributed by atoms with Gasteiger partial charge in [-0.05, 0) is 18.2 Å². The standard InChI is InChI=1S/C15H11ClN2OS/c16-12-5-3-7-14(11(12)8-19)20-15-10-4-1-2-6-13(10)17-9-18-15/h1-7,9,19H,8H2. The van der Waals surface area contributed by atoms with Crippen LogP contribution in [-0.2, 0) is 6.61 Å². The summed E-state index contributed by atoms with van der Waals surface area (Å²) in [6, 6.07) is 13.4. The minimum Gasteiger partial charge on any atom is -0.392 e. The molecule has 0 atom stereocenters. The monoisotopic (exact) mass is 302 g/mol. The van der Waals surface area contributed by atoms with E-state index in [2.05, 4.69) is 9.97 Å². The average Bonchev–Trinajstić information content (AvgIpc) is 2.48. The fraction of sp³-hybridized carbons (Fsp3) is 0.0667. The zero-order valence-electron chi connectivity index (χ0n) is 10.5. The molecule has 0 saturated carbocycles. The van der Waals surface area contributed by atoms with Crippen LogP contribution in [0.2, 0.25) is 5.02 Å². The lowest BCUT2D eigenvalue weighted by Gasteiger charge is -2.09. The Hall–Kier alpha value is -1.62. The molecule has 3 rings (SSSR count). The molecule has 5 heteroatoms. The molecule has 0 aliphatic carbocycles. The second-order valence-electron chi connectivity index (χ2n) is 4.17. The van der Waals surface area contributed by atoms with E-state index >= 15 is 0 Å². The number of rotatable bonds is 3. The van der Waals surface area contributed by atoms with Crippen LogP contribution < -0.4 is 0 Å². The maximum Gasteiger partial charge on any atom is 0.117 e. The zero-order valence-corrected chi connectivity index (χ0v) is 12.0. The number of aliphatic hydroxyl groups is 1. The summed E-state index contributed by atoms with van der Waals surface area (Å²) in [5, 5.41) is 11.9. The van der Waals surface area contributed by atoms with Gasteiger partial charge in [0.1, 0.15) is 11.4 Å². The van der Waals surface area contributed by atoms with Crippen LogP contribution in [0.1, 0.15) is 5.56 Å². The summed E-state index contributed by atoms with van der Waals surface area (Å²) < 4.78 is 0. The molecule has 20 heavy (non-hydrogen) atoms. The SMILES string of the molecule is OCc1c(Cl)cccc1Sc1ncnc2ccccc12. The molecule has 0 spiro atoms. The normalized spacial score (nSPS) is 10.9. The predicted octanol–water partition coefficient (Wildman–Crippen LogP) is 3.93. The van der Waals surface area contributed by atoms with Gasteiger partial charge >= 0.3 is 0 Å². The van der Waals surface area contributed by atoms with Gasteiger partial charge in [-0.2, -0.15) is 0 Å². The number of aromatic nitrogens is 2. The molecular weight excluding hydrogens is 292 g/mol. The molecule has 0 radical (unpaired) electrons. The van der Waals surface area contributed by atoms with E-state index in [0.29, 0.717) is 5.02 Å². The van der Waals surface area contributed by atoms with E-state index < -0.39 is 0 Å². The zero-order chi connectivity index (χ0) is 13.9. The number of benzene rings is 2. The lowest BCUT2D eigenvalue weighted by molar-refractivity contribution is 0.279. The highest BCUT2D eigenvalue weighted by Gasteiger charge is 2.10. The summed E-state index contributed by atoms with van der Waals surface area (Å²) in [5.41, 5.74) is 1.62. The number of fused-ring (bicyclic) bond motifs is 1. The molecule has 100 valence electrons. The van der Waals surface area contributed by atoms with Gasteiger partial charge in [-0.3, -0.25) is 0 Å². The van der Waals surface area contributed by atoms with Gasteiger partial charge in [-0.1, -0.05) is 47.6 Å². The van der Waals surface area contributed by atoms with Crippen molar-refractivity contribution in [3.05, 3.63) is 59.4 Å². The van der Waals surface area contributed by atoms with E-state index in [1.54, 1.807) is 12.4 Å². The molecule has 0 aliphatic rings. The topological polar surface area (TPSA) is 46.0 Å². The first kappa shape index (κ1) is 13.4. The molecular formula is C15H11ClN2OS. The minimum atomic E-state index is -0.0922. The van der Waals surface area contributed by atoms with Gasteiger partial charge in [-0.15, -0.1) is 0 Å². The second-order valence-corrected chi connectivity index (χ2v) is 5.61. The Morgan fingerprint density at radius 1 is 1.05 bits per heavy atom.